The average Bonchev–Trinajstić information content (AvgIpc) is 2.71. The number of nitrogens with one attached hydrogen (secondary N) is 2. The van der Waals surface area contributed by atoms with Crippen LogP contribution in [0.4, 0.5) is 10.5 Å². The smallest absolute Gasteiger partial charge is 0.356 e. The van der Waals surface area contributed by atoms with E-state index in [1.54, 1.807) is 0 Å². The van der Waals surface area contributed by atoms with Crippen LogP contribution in [-0.4, -0.2) is 32.9 Å². The predicted octanol–water partition coefficient (Wildman–Crippen LogP) is 1.57. The van der Waals surface area contributed by atoms with Crippen LogP contribution in [0.1, 0.15) is 42.6 Å². The van der Waals surface area contributed by atoms with Gasteiger partial charge in [0.25, 0.3) is 0 Å². The molecule has 1 aromatic rings. The van der Waals surface area contributed by atoms with Gasteiger partial charge >= 0.3 is 12.0 Å². The molecule has 0 atom stereocenters. The van der Waals surface area contributed by atoms with Crippen LogP contribution in [0.15, 0.2) is 6.20 Å². The summed E-state index contributed by atoms with van der Waals surface area (Å²) in [6.45, 7) is 0. The molecule has 1 aromatic heterocycles. The molecule has 0 spiro atoms. The molecule has 7 nitrogen and oxygen atoms in total. The summed E-state index contributed by atoms with van der Waals surface area (Å²) in [6, 6.07) is -0.193. The van der Waals surface area contributed by atoms with Crippen molar-refractivity contribution >= 4 is 17.7 Å². The third kappa shape index (κ3) is 3.24. The molecule has 2 amide bonds. The molecule has 2 rings (SSSR count). The summed E-state index contributed by atoms with van der Waals surface area (Å²) in [5.41, 5.74) is 0.183. The van der Waals surface area contributed by atoms with Crippen LogP contribution in [-0.2, 0) is 7.05 Å². The van der Waals surface area contributed by atoms with Crippen molar-refractivity contribution in [2.75, 3.05) is 5.32 Å². The lowest BCUT2D eigenvalue weighted by Crippen LogP contribution is -2.39. The lowest BCUT2D eigenvalue weighted by Gasteiger charge is -2.22. The van der Waals surface area contributed by atoms with Crippen molar-refractivity contribution < 1.29 is 14.7 Å². The number of aryl methyl sites for hydroxylation is 1. The van der Waals surface area contributed by atoms with Gasteiger partial charge in [0, 0.05) is 13.1 Å². The number of carbonyl (C=O) groups is 2. The van der Waals surface area contributed by atoms with Crippen molar-refractivity contribution in [3.63, 3.8) is 0 Å². The van der Waals surface area contributed by atoms with Crippen molar-refractivity contribution in [2.45, 2.75) is 38.1 Å². The van der Waals surface area contributed by atoms with Gasteiger partial charge in [-0.05, 0) is 12.8 Å². The molecule has 7 heteroatoms. The molecule has 0 saturated heterocycles. The molecule has 1 aliphatic rings. The van der Waals surface area contributed by atoms with Gasteiger partial charge in [-0.1, -0.05) is 19.3 Å². The normalized spacial score (nSPS) is 16.1. The molecule has 19 heavy (non-hydrogen) atoms. The van der Waals surface area contributed by atoms with Crippen LogP contribution in [0.5, 0.6) is 0 Å². The second-order valence-electron chi connectivity index (χ2n) is 4.77. The van der Waals surface area contributed by atoms with E-state index in [2.05, 4.69) is 15.7 Å². The van der Waals surface area contributed by atoms with Gasteiger partial charge in [0.15, 0.2) is 5.69 Å². The van der Waals surface area contributed by atoms with Crippen LogP contribution in [0, 0.1) is 0 Å². The van der Waals surface area contributed by atoms with Gasteiger partial charge in [-0.15, -0.1) is 0 Å². The molecule has 1 heterocycles. The number of carboxylic acids is 1. The minimum Gasteiger partial charge on any atom is -0.476 e. The van der Waals surface area contributed by atoms with Gasteiger partial charge in [0.2, 0.25) is 0 Å². The van der Waals surface area contributed by atoms with Gasteiger partial charge < -0.3 is 15.7 Å². The third-order valence-electron chi connectivity index (χ3n) is 3.33. The fraction of sp³-hybridized carbons (Fsp3) is 0.583. The van der Waals surface area contributed by atoms with E-state index < -0.39 is 5.97 Å². The van der Waals surface area contributed by atoms with E-state index in [4.69, 9.17) is 5.11 Å². The highest BCUT2D eigenvalue weighted by molar-refractivity contribution is 5.98. The Morgan fingerprint density at radius 2 is 2.05 bits per heavy atom. The van der Waals surface area contributed by atoms with E-state index in [0.717, 1.165) is 25.7 Å². The third-order valence-corrected chi connectivity index (χ3v) is 3.33. The number of urea groups is 1. The molecule has 0 bridgehead atoms. The number of aromatic carboxylic acids is 1. The van der Waals surface area contributed by atoms with E-state index in [0.29, 0.717) is 0 Å². The van der Waals surface area contributed by atoms with E-state index in [-0.39, 0.29) is 23.5 Å². The largest absolute Gasteiger partial charge is 0.476 e. The number of hydrogen-bond donors (Lipinski definition) is 3. The molecule has 1 aliphatic carbocycles. The fourth-order valence-corrected chi connectivity index (χ4v) is 2.37. The van der Waals surface area contributed by atoms with Crippen molar-refractivity contribution in [1.29, 1.82) is 0 Å². The summed E-state index contributed by atoms with van der Waals surface area (Å²) in [7, 11) is 1.52. The first-order chi connectivity index (χ1) is 9.08. The maximum absolute atomic E-state index is 11.8. The Bertz CT molecular complexity index is 477. The second kappa shape index (κ2) is 5.73. The van der Waals surface area contributed by atoms with E-state index in [1.807, 2.05) is 0 Å². The van der Waals surface area contributed by atoms with Crippen molar-refractivity contribution in [1.82, 2.24) is 15.1 Å². The number of anilines is 1. The summed E-state index contributed by atoms with van der Waals surface area (Å²) in [4.78, 5) is 22.9. The number of nitrogens with zero attached hydrogens (tertiary/aromatic N) is 2. The van der Waals surface area contributed by atoms with E-state index >= 15 is 0 Å². The molecule has 0 unspecified atom stereocenters. The van der Waals surface area contributed by atoms with Gasteiger partial charge in [-0.2, -0.15) is 5.10 Å². The molecule has 104 valence electrons. The Hall–Kier alpha value is -2.05. The van der Waals surface area contributed by atoms with Crippen molar-refractivity contribution in [2.24, 2.45) is 7.05 Å². The number of amides is 2. The lowest BCUT2D eigenvalue weighted by atomic mass is 9.96. The zero-order valence-corrected chi connectivity index (χ0v) is 10.8. The monoisotopic (exact) mass is 266 g/mol. The molecule has 0 radical (unpaired) electrons. The maximum atomic E-state index is 11.8. The zero-order chi connectivity index (χ0) is 13.8. The first kappa shape index (κ1) is 13.4. The van der Waals surface area contributed by atoms with Crippen LogP contribution >= 0.6 is 0 Å². The van der Waals surface area contributed by atoms with Gasteiger partial charge in [0.1, 0.15) is 0 Å². The Kier molecular flexibility index (Phi) is 4.03. The topological polar surface area (TPSA) is 96.3 Å². The number of rotatable bonds is 3. The summed E-state index contributed by atoms with van der Waals surface area (Å²) >= 11 is 0. The van der Waals surface area contributed by atoms with E-state index in [9.17, 15) is 9.59 Å². The highest BCUT2D eigenvalue weighted by Crippen LogP contribution is 2.18. The van der Waals surface area contributed by atoms with Crippen LogP contribution in [0.3, 0.4) is 0 Å². The minimum atomic E-state index is -1.12. The molecule has 0 aliphatic heterocycles. The van der Waals surface area contributed by atoms with Gasteiger partial charge in [-0.3, -0.25) is 4.68 Å². The average molecular weight is 266 g/mol. The number of hydrogen-bond acceptors (Lipinski definition) is 3. The summed E-state index contributed by atoms with van der Waals surface area (Å²) in [6.07, 6.45) is 6.75. The molecule has 0 aromatic carbocycles. The van der Waals surface area contributed by atoms with Crippen LogP contribution in [0.25, 0.3) is 0 Å². The predicted molar refractivity (Wildman–Crippen MR) is 69.2 cm³/mol. The molecular formula is C12H18N4O3. The number of carbonyl (C=O) groups excluding carboxylic acids is 1. The van der Waals surface area contributed by atoms with Crippen molar-refractivity contribution in [3.05, 3.63) is 11.9 Å². The fourth-order valence-electron chi connectivity index (χ4n) is 2.37. The highest BCUT2D eigenvalue weighted by atomic mass is 16.4. The summed E-state index contributed by atoms with van der Waals surface area (Å²) in [5, 5.41) is 18.3. The Balaban J connectivity index is 1.96. The molecule has 3 N–H and O–H groups in total. The Labute approximate surface area is 111 Å². The zero-order valence-electron chi connectivity index (χ0n) is 10.8. The van der Waals surface area contributed by atoms with Crippen LogP contribution in [0.2, 0.25) is 0 Å². The summed E-state index contributed by atoms with van der Waals surface area (Å²) < 4.78 is 1.22. The Morgan fingerprint density at radius 1 is 1.37 bits per heavy atom. The van der Waals surface area contributed by atoms with Crippen molar-refractivity contribution in [3.8, 4) is 0 Å². The molecule has 1 fully saturated rings. The molecular weight excluding hydrogens is 248 g/mol. The minimum absolute atomic E-state index is 0.0289. The quantitative estimate of drug-likeness (QED) is 0.773. The first-order valence-electron chi connectivity index (χ1n) is 6.40. The highest BCUT2D eigenvalue weighted by Gasteiger charge is 2.20. The standard InChI is InChI=1S/C12H18N4O3/c1-16-10(11(17)18)9(7-13-16)15-12(19)14-8-5-3-2-4-6-8/h7-8H,2-6H2,1H3,(H,17,18)(H2,14,15,19). The second-order valence-corrected chi connectivity index (χ2v) is 4.77. The maximum Gasteiger partial charge on any atom is 0.356 e. The Morgan fingerprint density at radius 3 is 2.68 bits per heavy atom. The van der Waals surface area contributed by atoms with Crippen LogP contribution < -0.4 is 10.6 Å². The lowest BCUT2D eigenvalue weighted by molar-refractivity contribution is 0.0686. The number of aromatic nitrogens is 2. The number of carboxylic acid groups (broad SMARTS) is 1. The first-order valence-corrected chi connectivity index (χ1v) is 6.40. The molecule has 1 saturated carbocycles. The van der Waals surface area contributed by atoms with E-state index in [1.165, 1.54) is 24.3 Å². The summed E-state index contributed by atoms with van der Waals surface area (Å²) in [5.74, 6) is -1.12. The van der Waals surface area contributed by atoms with Gasteiger partial charge in [-0.25, -0.2) is 9.59 Å². The van der Waals surface area contributed by atoms with Gasteiger partial charge in [0.05, 0.1) is 11.9 Å². The SMILES string of the molecule is Cn1ncc(NC(=O)NC2CCCCC2)c1C(=O)O.